The van der Waals surface area contributed by atoms with E-state index in [-0.39, 0.29) is 0 Å². The van der Waals surface area contributed by atoms with Gasteiger partial charge in [0.05, 0.1) is 21.1 Å². The molecule has 2 atom stereocenters. The van der Waals surface area contributed by atoms with Crippen LogP contribution < -0.4 is 0 Å². The van der Waals surface area contributed by atoms with Gasteiger partial charge in [-0.15, -0.1) is 11.3 Å². The van der Waals surface area contributed by atoms with Gasteiger partial charge < -0.3 is 18.9 Å². The van der Waals surface area contributed by atoms with Crippen molar-refractivity contribution in [2.45, 2.75) is 12.6 Å². The fourth-order valence-electron chi connectivity index (χ4n) is 3.32. The second-order valence-corrected chi connectivity index (χ2v) is 7.57. The molecule has 1 aromatic heterocycles. The molecule has 3 heterocycles. The number of hydrogen-bond donors (Lipinski definition) is 0. The first kappa shape index (κ1) is 18.1. The average Bonchev–Trinajstić information content (AvgIpc) is 3.28. The van der Waals surface area contributed by atoms with Crippen LogP contribution in [0.25, 0.3) is 0 Å². The number of nitrogens with zero attached hydrogens (tertiary/aromatic N) is 2. The predicted octanol–water partition coefficient (Wildman–Crippen LogP) is 5.26. The van der Waals surface area contributed by atoms with E-state index in [1.807, 2.05) is 60.7 Å². The molecule has 2 unspecified atom stereocenters. The number of aliphatic imine (C=N–C) groups is 2. The van der Waals surface area contributed by atoms with Crippen LogP contribution in [-0.2, 0) is 18.9 Å². The maximum Gasteiger partial charge on any atom is 0.234 e. The number of rotatable bonds is 4. The highest BCUT2D eigenvalue weighted by molar-refractivity contribution is 7.16. The summed E-state index contributed by atoms with van der Waals surface area (Å²) in [6.07, 6.45) is -0.977. The van der Waals surface area contributed by atoms with Crippen molar-refractivity contribution in [3.63, 3.8) is 0 Å². The first-order chi connectivity index (χ1) is 14.3. The Labute approximate surface area is 172 Å². The van der Waals surface area contributed by atoms with E-state index in [0.29, 0.717) is 11.8 Å². The van der Waals surface area contributed by atoms with E-state index in [2.05, 4.69) is 9.98 Å². The quantitative estimate of drug-likeness (QED) is 0.593. The molecule has 3 aromatic rings. The second kappa shape index (κ2) is 7.44. The largest absolute Gasteiger partial charge is 0.442 e. The molecule has 0 aliphatic carbocycles. The van der Waals surface area contributed by atoms with Gasteiger partial charge in [-0.25, -0.2) is 9.98 Å². The standard InChI is InChI=1S/C22H18N2O4S/c1-25-21-13-7-3-5-9-15(13)23-19(27-21)17-11-12-18(29-17)20-24-16-10-6-4-8-14(16)22(26-2)28-20/h3-12,21-22H,1-2H3. The molecule has 146 valence electrons. The fraction of sp³-hybridized carbons (Fsp3) is 0.182. The zero-order valence-corrected chi connectivity index (χ0v) is 16.7. The van der Waals surface area contributed by atoms with Gasteiger partial charge >= 0.3 is 0 Å². The summed E-state index contributed by atoms with van der Waals surface area (Å²) < 4.78 is 23.0. The lowest BCUT2D eigenvalue weighted by Crippen LogP contribution is -2.18. The van der Waals surface area contributed by atoms with E-state index in [1.165, 1.54) is 11.3 Å². The van der Waals surface area contributed by atoms with E-state index >= 15 is 0 Å². The molecule has 0 spiro atoms. The number of para-hydroxylation sites is 2. The van der Waals surface area contributed by atoms with Crippen LogP contribution in [0, 0.1) is 0 Å². The Bertz CT molecular complexity index is 1040. The third-order valence-corrected chi connectivity index (χ3v) is 5.78. The summed E-state index contributed by atoms with van der Waals surface area (Å²) in [6, 6.07) is 19.5. The Balaban J connectivity index is 1.49. The third-order valence-electron chi connectivity index (χ3n) is 4.72. The molecule has 6 nitrogen and oxygen atoms in total. The molecule has 0 amide bonds. The summed E-state index contributed by atoms with van der Waals surface area (Å²) in [4.78, 5) is 11.1. The van der Waals surface area contributed by atoms with Crippen LogP contribution in [0.1, 0.15) is 33.5 Å². The number of fused-ring (bicyclic) bond motifs is 2. The van der Waals surface area contributed by atoms with Gasteiger partial charge in [0, 0.05) is 25.3 Å². The van der Waals surface area contributed by atoms with Gasteiger partial charge in [0.25, 0.3) is 0 Å². The van der Waals surface area contributed by atoms with Crippen molar-refractivity contribution in [2.24, 2.45) is 9.98 Å². The van der Waals surface area contributed by atoms with Crippen molar-refractivity contribution >= 4 is 34.5 Å². The van der Waals surface area contributed by atoms with Gasteiger partial charge in [-0.05, 0) is 24.3 Å². The summed E-state index contributed by atoms with van der Waals surface area (Å²) in [5.41, 5.74) is 3.51. The van der Waals surface area contributed by atoms with E-state index in [0.717, 1.165) is 32.3 Å². The molecular weight excluding hydrogens is 388 g/mol. The summed E-state index contributed by atoms with van der Waals surface area (Å²) in [5, 5.41) is 0. The highest BCUT2D eigenvalue weighted by Crippen LogP contribution is 2.38. The third kappa shape index (κ3) is 3.23. The normalized spacial score (nSPS) is 19.9. The van der Waals surface area contributed by atoms with Gasteiger partial charge in [0.1, 0.15) is 0 Å². The molecule has 0 saturated carbocycles. The smallest absolute Gasteiger partial charge is 0.234 e. The van der Waals surface area contributed by atoms with Gasteiger partial charge in [-0.3, -0.25) is 0 Å². The van der Waals surface area contributed by atoms with Crippen molar-refractivity contribution in [3.05, 3.63) is 81.5 Å². The molecule has 5 rings (SSSR count). The van der Waals surface area contributed by atoms with Crippen LogP contribution in [0.15, 0.2) is 70.6 Å². The van der Waals surface area contributed by atoms with E-state index in [1.54, 1.807) is 14.2 Å². The fourth-order valence-corrected chi connectivity index (χ4v) is 4.19. The van der Waals surface area contributed by atoms with Crippen LogP contribution in [0.5, 0.6) is 0 Å². The lowest BCUT2D eigenvalue weighted by molar-refractivity contribution is -0.0669. The molecule has 2 aromatic carbocycles. The summed E-state index contributed by atoms with van der Waals surface area (Å²) in [5.74, 6) is 1.04. The molecule has 0 saturated heterocycles. The van der Waals surface area contributed by atoms with Crippen molar-refractivity contribution in [2.75, 3.05) is 14.2 Å². The van der Waals surface area contributed by atoms with Gasteiger partial charge in [0.15, 0.2) is 0 Å². The predicted molar refractivity (Wildman–Crippen MR) is 111 cm³/mol. The first-order valence-corrected chi connectivity index (χ1v) is 9.93. The molecule has 0 bridgehead atoms. The monoisotopic (exact) mass is 406 g/mol. The molecule has 2 aliphatic rings. The minimum Gasteiger partial charge on any atom is -0.442 e. The van der Waals surface area contributed by atoms with Gasteiger partial charge in [-0.2, -0.15) is 0 Å². The average molecular weight is 406 g/mol. The first-order valence-electron chi connectivity index (χ1n) is 9.11. The Hall–Kier alpha value is -3.00. The van der Waals surface area contributed by atoms with Gasteiger partial charge in [0.2, 0.25) is 24.4 Å². The zero-order valence-electron chi connectivity index (χ0n) is 15.9. The topological polar surface area (TPSA) is 61.6 Å². The molecule has 0 N–H and O–H groups in total. The number of methoxy groups -OCH3 is 2. The number of hydrogen-bond acceptors (Lipinski definition) is 7. The lowest BCUT2D eigenvalue weighted by Gasteiger charge is -2.24. The highest BCUT2D eigenvalue weighted by Gasteiger charge is 2.28. The minimum absolute atomic E-state index is 0.489. The van der Waals surface area contributed by atoms with E-state index in [9.17, 15) is 0 Å². The van der Waals surface area contributed by atoms with Crippen LogP contribution in [0.3, 0.4) is 0 Å². The highest BCUT2D eigenvalue weighted by atomic mass is 32.1. The Morgan fingerprint density at radius 2 is 1.14 bits per heavy atom. The molecule has 2 aliphatic heterocycles. The van der Waals surface area contributed by atoms with E-state index in [4.69, 9.17) is 18.9 Å². The maximum absolute atomic E-state index is 5.98. The summed E-state index contributed by atoms with van der Waals surface area (Å²) in [7, 11) is 3.24. The van der Waals surface area contributed by atoms with Crippen molar-refractivity contribution in [3.8, 4) is 0 Å². The maximum atomic E-state index is 5.98. The second-order valence-electron chi connectivity index (χ2n) is 6.49. The van der Waals surface area contributed by atoms with Crippen LogP contribution in [0.2, 0.25) is 0 Å². The van der Waals surface area contributed by atoms with Crippen LogP contribution >= 0.6 is 11.3 Å². The van der Waals surface area contributed by atoms with Crippen molar-refractivity contribution in [1.29, 1.82) is 0 Å². The van der Waals surface area contributed by atoms with Crippen molar-refractivity contribution in [1.82, 2.24) is 0 Å². The minimum atomic E-state index is -0.489. The van der Waals surface area contributed by atoms with Gasteiger partial charge in [-0.1, -0.05) is 36.4 Å². The molecule has 0 fully saturated rings. The zero-order chi connectivity index (χ0) is 19.8. The van der Waals surface area contributed by atoms with Crippen LogP contribution in [0.4, 0.5) is 11.4 Å². The molecule has 29 heavy (non-hydrogen) atoms. The van der Waals surface area contributed by atoms with Crippen LogP contribution in [-0.4, -0.2) is 26.0 Å². The van der Waals surface area contributed by atoms with E-state index < -0.39 is 12.6 Å². The Kier molecular flexibility index (Phi) is 4.63. The summed E-state index contributed by atoms with van der Waals surface area (Å²) in [6.45, 7) is 0. The van der Waals surface area contributed by atoms with Crippen molar-refractivity contribution < 1.29 is 18.9 Å². The summed E-state index contributed by atoms with van der Waals surface area (Å²) >= 11 is 1.50. The molecule has 7 heteroatoms. The number of thiophene rings is 1. The Morgan fingerprint density at radius 1 is 0.690 bits per heavy atom. The lowest BCUT2D eigenvalue weighted by atomic mass is 10.1. The SMILES string of the molecule is COC1OC(c2ccc(C3=Nc4ccccc4C(OC)O3)s2)=Nc2ccccc21. The number of ether oxygens (including phenoxy) is 4. The number of benzene rings is 2. The molecule has 0 radical (unpaired) electrons. The Morgan fingerprint density at radius 3 is 1.59 bits per heavy atom. The molecular formula is C22H18N2O4S.